The Morgan fingerprint density at radius 3 is 2.58 bits per heavy atom. The molecule has 0 aromatic heterocycles. The molecule has 0 saturated heterocycles. The molecular weight excluding hydrogens is 146 g/mol. The lowest BCUT2D eigenvalue weighted by atomic mass is 10.1. The van der Waals surface area contributed by atoms with Gasteiger partial charge < -0.3 is 5.73 Å². The lowest BCUT2D eigenvalue weighted by molar-refractivity contribution is 0.740. The summed E-state index contributed by atoms with van der Waals surface area (Å²) < 4.78 is 0. The molecule has 1 aromatic carbocycles. The summed E-state index contributed by atoms with van der Waals surface area (Å²) >= 11 is 0. The molecule has 0 heterocycles. The highest BCUT2D eigenvalue weighted by atomic mass is 14.6. The number of allylic oxidation sites excluding steroid dienone is 1. The van der Waals surface area contributed by atoms with Gasteiger partial charge in [-0.3, -0.25) is 0 Å². The van der Waals surface area contributed by atoms with E-state index in [4.69, 9.17) is 5.73 Å². The number of rotatable bonds is 3. The third kappa shape index (κ3) is 2.51. The summed E-state index contributed by atoms with van der Waals surface area (Å²) in [5.74, 6) is 0. The summed E-state index contributed by atoms with van der Waals surface area (Å²) in [5.41, 5.74) is 7.13. The summed E-state index contributed by atoms with van der Waals surface area (Å²) in [6.07, 6.45) is 5.04. The zero-order chi connectivity index (χ0) is 8.81. The minimum Gasteiger partial charge on any atom is -0.324 e. The maximum absolute atomic E-state index is 5.93. The molecule has 1 aromatic rings. The van der Waals surface area contributed by atoms with E-state index in [-0.39, 0.29) is 6.04 Å². The van der Waals surface area contributed by atoms with E-state index in [0.717, 1.165) is 6.42 Å². The van der Waals surface area contributed by atoms with E-state index >= 15 is 0 Å². The van der Waals surface area contributed by atoms with E-state index in [9.17, 15) is 0 Å². The van der Waals surface area contributed by atoms with Crippen molar-refractivity contribution in [3.63, 3.8) is 0 Å². The highest BCUT2D eigenvalue weighted by Crippen LogP contribution is 2.13. The second-order valence-electron chi connectivity index (χ2n) is 2.82. The van der Waals surface area contributed by atoms with Crippen LogP contribution in [-0.4, -0.2) is 0 Å². The number of benzene rings is 1. The van der Waals surface area contributed by atoms with Crippen molar-refractivity contribution in [2.45, 2.75) is 19.4 Å². The maximum atomic E-state index is 5.93. The van der Waals surface area contributed by atoms with Crippen LogP contribution in [0.25, 0.3) is 0 Å². The first-order valence-corrected chi connectivity index (χ1v) is 4.26. The molecule has 64 valence electrons. The molecule has 0 spiro atoms. The molecule has 0 aliphatic rings. The summed E-state index contributed by atoms with van der Waals surface area (Å²) in [4.78, 5) is 0. The fourth-order valence-electron chi connectivity index (χ4n) is 1.12. The minimum atomic E-state index is 0.141. The van der Waals surface area contributed by atoms with Crippen molar-refractivity contribution >= 4 is 0 Å². The van der Waals surface area contributed by atoms with Gasteiger partial charge in [0, 0.05) is 6.04 Å². The molecular formula is C11H15N. The van der Waals surface area contributed by atoms with Crippen LogP contribution in [0.4, 0.5) is 0 Å². The fourth-order valence-corrected chi connectivity index (χ4v) is 1.12. The van der Waals surface area contributed by atoms with Crippen molar-refractivity contribution < 1.29 is 0 Å². The van der Waals surface area contributed by atoms with Gasteiger partial charge >= 0.3 is 0 Å². The van der Waals surface area contributed by atoms with Gasteiger partial charge in [0.25, 0.3) is 0 Å². The Morgan fingerprint density at radius 2 is 2.00 bits per heavy atom. The minimum absolute atomic E-state index is 0.141. The molecule has 1 atom stereocenters. The van der Waals surface area contributed by atoms with E-state index in [2.05, 4.69) is 18.2 Å². The number of hydrogen-bond donors (Lipinski definition) is 1. The van der Waals surface area contributed by atoms with Crippen LogP contribution in [0.2, 0.25) is 0 Å². The van der Waals surface area contributed by atoms with Gasteiger partial charge in [-0.1, -0.05) is 42.5 Å². The predicted octanol–water partition coefficient (Wildman–Crippen LogP) is 2.65. The SMILES string of the molecule is C/C=C\C[C@H](N)c1ccccc1. The Morgan fingerprint density at radius 1 is 1.33 bits per heavy atom. The van der Waals surface area contributed by atoms with Crippen molar-refractivity contribution in [3.8, 4) is 0 Å². The summed E-state index contributed by atoms with van der Waals surface area (Å²) in [6, 6.07) is 10.3. The van der Waals surface area contributed by atoms with Crippen LogP contribution in [0, 0.1) is 0 Å². The average molecular weight is 161 g/mol. The van der Waals surface area contributed by atoms with Gasteiger partial charge in [0.2, 0.25) is 0 Å². The van der Waals surface area contributed by atoms with E-state index in [0.29, 0.717) is 0 Å². The maximum Gasteiger partial charge on any atom is 0.0329 e. The van der Waals surface area contributed by atoms with E-state index in [1.54, 1.807) is 0 Å². The second-order valence-corrected chi connectivity index (χ2v) is 2.82. The van der Waals surface area contributed by atoms with Gasteiger partial charge in [0.1, 0.15) is 0 Å². The second kappa shape index (κ2) is 4.73. The smallest absolute Gasteiger partial charge is 0.0329 e. The largest absolute Gasteiger partial charge is 0.324 e. The molecule has 0 bridgehead atoms. The average Bonchev–Trinajstić information content (AvgIpc) is 2.15. The summed E-state index contributed by atoms with van der Waals surface area (Å²) in [6.45, 7) is 2.01. The van der Waals surface area contributed by atoms with Gasteiger partial charge in [0.15, 0.2) is 0 Å². The van der Waals surface area contributed by atoms with Crippen molar-refractivity contribution in [1.29, 1.82) is 0 Å². The van der Waals surface area contributed by atoms with Crippen molar-refractivity contribution in [1.82, 2.24) is 0 Å². The van der Waals surface area contributed by atoms with Gasteiger partial charge in [-0.25, -0.2) is 0 Å². The lowest BCUT2D eigenvalue weighted by Gasteiger charge is -2.08. The Labute approximate surface area is 73.9 Å². The van der Waals surface area contributed by atoms with E-state index < -0.39 is 0 Å². The third-order valence-electron chi connectivity index (χ3n) is 1.85. The fraction of sp³-hybridized carbons (Fsp3) is 0.273. The molecule has 0 amide bonds. The van der Waals surface area contributed by atoms with Crippen LogP contribution in [0.1, 0.15) is 24.9 Å². The van der Waals surface area contributed by atoms with Crippen molar-refractivity contribution in [3.05, 3.63) is 48.0 Å². The molecule has 0 fully saturated rings. The monoisotopic (exact) mass is 161 g/mol. The Bertz CT molecular complexity index is 238. The van der Waals surface area contributed by atoms with Gasteiger partial charge in [-0.2, -0.15) is 0 Å². The number of nitrogens with two attached hydrogens (primary N) is 1. The molecule has 1 nitrogen and oxygen atoms in total. The first kappa shape index (κ1) is 9.01. The Hall–Kier alpha value is -1.08. The molecule has 0 saturated carbocycles. The van der Waals surface area contributed by atoms with E-state index in [1.807, 2.05) is 31.2 Å². The van der Waals surface area contributed by atoms with Gasteiger partial charge in [-0.15, -0.1) is 0 Å². The molecule has 0 aliphatic carbocycles. The predicted molar refractivity (Wildman–Crippen MR) is 52.8 cm³/mol. The van der Waals surface area contributed by atoms with Gasteiger partial charge in [0.05, 0.1) is 0 Å². The summed E-state index contributed by atoms with van der Waals surface area (Å²) in [5, 5.41) is 0. The third-order valence-corrected chi connectivity index (χ3v) is 1.85. The van der Waals surface area contributed by atoms with Crippen LogP contribution in [0.15, 0.2) is 42.5 Å². The number of hydrogen-bond acceptors (Lipinski definition) is 1. The first-order chi connectivity index (χ1) is 5.84. The molecule has 0 unspecified atom stereocenters. The van der Waals surface area contributed by atoms with Crippen LogP contribution in [-0.2, 0) is 0 Å². The standard InChI is InChI=1S/C11H15N/c1-2-3-9-11(12)10-7-5-4-6-8-10/h2-8,11H,9,12H2,1H3/b3-2-/t11-/m0/s1. The quantitative estimate of drug-likeness (QED) is 0.678. The van der Waals surface area contributed by atoms with Crippen LogP contribution < -0.4 is 5.73 Å². The first-order valence-electron chi connectivity index (χ1n) is 4.26. The molecule has 1 heteroatoms. The van der Waals surface area contributed by atoms with Crippen LogP contribution >= 0.6 is 0 Å². The zero-order valence-electron chi connectivity index (χ0n) is 7.40. The molecule has 1 rings (SSSR count). The highest BCUT2D eigenvalue weighted by Gasteiger charge is 2.00. The summed E-state index contributed by atoms with van der Waals surface area (Å²) in [7, 11) is 0. The normalized spacial score (nSPS) is 13.5. The van der Waals surface area contributed by atoms with Crippen LogP contribution in [0.3, 0.4) is 0 Å². The Balaban J connectivity index is 2.59. The molecule has 0 radical (unpaired) electrons. The lowest BCUT2D eigenvalue weighted by Crippen LogP contribution is -2.08. The van der Waals surface area contributed by atoms with Gasteiger partial charge in [-0.05, 0) is 18.9 Å². The van der Waals surface area contributed by atoms with Crippen LogP contribution in [0.5, 0.6) is 0 Å². The Kier molecular flexibility index (Phi) is 3.55. The van der Waals surface area contributed by atoms with Crippen molar-refractivity contribution in [2.24, 2.45) is 5.73 Å². The van der Waals surface area contributed by atoms with E-state index in [1.165, 1.54) is 5.56 Å². The topological polar surface area (TPSA) is 26.0 Å². The zero-order valence-corrected chi connectivity index (χ0v) is 7.40. The van der Waals surface area contributed by atoms with Crippen molar-refractivity contribution in [2.75, 3.05) is 0 Å². The molecule has 2 N–H and O–H groups in total. The molecule has 0 aliphatic heterocycles. The highest BCUT2D eigenvalue weighted by molar-refractivity contribution is 5.18. The molecule has 12 heavy (non-hydrogen) atoms.